The summed E-state index contributed by atoms with van der Waals surface area (Å²) in [4.78, 5) is 40.9. The van der Waals surface area contributed by atoms with E-state index >= 15 is 0 Å². The monoisotopic (exact) mass is 435 g/mol. The van der Waals surface area contributed by atoms with Gasteiger partial charge in [-0.05, 0) is 50.1 Å². The van der Waals surface area contributed by atoms with E-state index < -0.39 is 0 Å². The molecule has 1 aliphatic rings. The van der Waals surface area contributed by atoms with E-state index in [0.717, 1.165) is 29.0 Å². The second-order valence-corrected chi connectivity index (χ2v) is 8.49. The van der Waals surface area contributed by atoms with Crippen molar-refractivity contribution in [3.05, 3.63) is 64.7 Å². The van der Waals surface area contributed by atoms with Gasteiger partial charge in [0, 0.05) is 36.7 Å². The van der Waals surface area contributed by atoms with Gasteiger partial charge in [-0.25, -0.2) is 0 Å². The molecular weight excluding hydrogens is 406 g/mol. The van der Waals surface area contributed by atoms with Crippen molar-refractivity contribution in [3.63, 3.8) is 0 Å². The highest BCUT2D eigenvalue weighted by Gasteiger charge is 2.28. The van der Waals surface area contributed by atoms with Gasteiger partial charge in [-0.3, -0.25) is 19.4 Å². The van der Waals surface area contributed by atoms with E-state index in [1.54, 1.807) is 31.4 Å². The van der Waals surface area contributed by atoms with Gasteiger partial charge >= 0.3 is 0 Å². The zero-order chi connectivity index (χ0) is 23.3. The summed E-state index contributed by atoms with van der Waals surface area (Å²) < 4.78 is 5.35. The van der Waals surface area contributed by atoms with E-state index in [-0.39, 0.29) is 29.6 Å². The zero-order valence-corrected chi connectivity index (χ0v) is 19.0. The fraction of sp³-hybridized carbons (Fsp3) is 0.360. The number of hydrogen-bond acceptors (Lipinski definition) is 5. The SMILES string of the molecule is COc1ccc2c(c1)C(CC(=O)c1ccc(C(=O)NCCNC(C)=O)cc1)=NC(C)(C)C2. The molecule has 2 amide bonds. The lowest BCUT2D eigenvalue weighted by Crippen LogP contribution is -2.33. The second-order valence-electron chi connectivity index (χ2n) is 8.49. The van der Waals surface area contributed by atoms with Crippen molar-refractivity contribution < 1.29 is 19.1 Å². The Kier molecular flexibility index (Phi) is 7.08. The highest BCUT2D eigenvalue weighted by Crippen LogP contribution is 2.31. The Morgan fingerprint density at radius 3 is 2.31 bits per heavy atom. The van der Waals surface area contributed by atoms with Crippen molar-refractivity contribution in [3.8, 4) is 5.75 Å². The van der Waals surface area contributed by atoms with Gasteiger partial charge in [-0.15, -0.1) is 0 Å². The Labute approximate surface area is 188 Å². The van der Waals surface area contributed by atoms with E-state index in [9.17, 15) is 14.4 Å². The van der Waals surface area contributed by atoms with Crippen molar-refractivity contribution in [2.75, 3.05) is 20.2 Å². The summed E-state index contributed by atoms with van der Waals surface area (Å²) in [6, 6.07) is 12.5. The van der Waals surface area contributed by atoms with E-state index in [4.69, 9.17) is 9.73 Å². The van der Waals surface area contributed by atoms with Crippen LogP contribution in [-0.4, -0.2) is 49.0 Å². The topological polar surface area (TPSA) is 96.9 Å². The molecule has 0 fully saturated rings. The number of rotatable bonds is 8. The maximum atomic E-state index is 13.0. The van der Waals surface area contributed by atoms with Crippen LogP contribution < -0.4 is 15.4 Å². The third-order valence-electron chi connectivity index (χ3n) is 5.27. The average molecular weight is 436 g/mol. The van der Waals surface area contributed by atoms with Gasteiger partial charge in [-0.1, -0.05) is 18.2 Å². The third kappa shape index (κ3) is 5.81. The summed E-state index contributed by atoms with van der Waals surface area (Å²) in [7, 11) is 1.62. The molecule has 2 N–H and O–H groups in total. The summed E-state index contributed by atoms with van der Waals surface area (Å²) in [6.07, 6.45) is 0.974. The average Bonchev–Trinajstić information content (AvgIpc) is 2.75. The number of carbonyl (C=O) groups excluding carboxylic acids is 3. The summed E-state index contributed by atoms with van der Waals surface area (Å²) in [5.74, 6) is 0.272. The first-order chi connectivity index (χ1) is 15.2. The number of nitrogens with one attached hydrogen (secondary N) is 2. The van der Waals surface area contributed by atoms with Crippen LogP contribution in [0.5, 0.6) is 5.75 Å². The van der Waals surface area contributed by atoms with E-state index in [1.807, 2.05) is 18.2 Å². The smallest absolute Gasteiger partial charge is 0.251 e. The minimum Gasteiger partial charge on any atom is -0.497 e. The van der Waals surface area contributed by atoms with Gasteiger partial charge in [0.05, 0.1) is 24.8 Å². The molecule has 0 radical (unpaired) electrons. The van der Waals surface area contributed by atoms with Gasteiger partial charge in [0.15, 0.2) is 5.78 Å². The molecule has 32 heavy (non-hydrogen) atoms. The first kappa shape index (κ1) is 23.2. The number of benzene rings is 2. The van der Waals surface area contributed by atoms with Gasteiger partial charge < -0.3 is 15.4 Å². The quantitative estimate of drug-likeness (QED) is 0.492. The predicted molar refractivity (Wildman–Crippen MR) is 124 cm³/mol. The number of amides is 2. The molecule has 0 spiro atoms. The second kappa shape index (κ2) is 9.77. The molecule has 0 atom stereocenters. The highest BCUT2D eigenvalue weighted by atomic mass is 16.5. The van der Waals surface area contributed by atoms with Crippen LogP contribution in [0.4, 0.5) is 0 Å². The number of ether oxygens (including phenoxy) is 1. The van der Waals surface area contributed by atoms with Crippen LogP contribution in [0.25, 0.3) is 0 Å². The molecule has 7 nitrogen and oxygen atoms in total. The Morgan fingerprint density at radius 2 is 1.66 bits per heavy atom. The molecule has 7 heteroatoms. The van der Waals surface area contributed by atoms with Crippen LogP contribution in [0.1, 0.15) is 59.0 Å². The number of aliphatic imine (C=N–C) groups is 1. The molecule has 1 heterocycles. The normalized spacial score (nSPS) is 14.1. The van der Waals surface area contributed by atoms with Crippen molar-refractivity contribution >= 4 is 23.3 Å². The molecule has 1 aliphatic heterocycles. The highest BCUT2D eigenvalue weighted by molar-refractivity contribution is 6.17. The Balaban J connectivity index is 1.70. The Bertz CT molecular complexity index is 1060. The fourth-order valence-electron chi connectivity index (χ4n) is 3.75. The summed E-state index contributed by atoms with van der Waals surface area (Å²) in [6.45, 7) is 6.24. The van der Waals surface area contributed by atoms with Crippen LogP contribution in [-0.2, 0) is 11.2 Å². The standard InChI is InChI=1S/C25H29N3O4/c1-16(29)26-11-12-27-24(31)18-7-5-17(6-8-18)23(30)14-22-21-13-20(32-4)10-9-19(21)15-25(2,3)28-22/h5-10,13H,11-12,14-15H2,1-4H3,(H,26,29)(H,27,31). The minimum absolute atomic E-state index is 0.0622. The maximum absolute atomic E-state index is 13.0. The predicted octanol–water partition coefficient (Wildman–Crippen LogP) is 2.96. The largest absolute Gasteiger partial charge is 0.497 e. The van der Waals surface area contributed by atoms with Crippen LogP contribution in [0.15, 0.2) is 47.5 Å². The van der Waals surface area contributed by atoms with Crippen LogP contribution >= 0.6 is 0 Å². The molecule has 2 aromatic carbocycles. The maximum Gasteiger partial charge on any atom is 0.251 e. The molecule has 0 saturated heterocycles. The first-order valence-corrected chi connectivity index (χ1v) is 10.6. The lowest BCUT2D eigenvalue weighted by atomic mass is 9.85. The number of nitrogens with zero attached hydrogens (tertiary/aromatic N) is 1. The Morgan fingerprint density at radius 1 is 1.00 bits per heavy atom. The molecule has 3 rings (SSSR count). The molecule has 2 aromatic rings. The first-order valence-electron chi connectivity index (χ1n) is 10.6. The summed E-state index contributed by atoms with van der Waals surface area (Å²) in [5.41, 5.74) is 3.55. The van der Waals surface area contributed by atoms with Crippen molar-refractivity contribution in [2.24, 2.45) is 4.99 Å². The lowest BCUT2D eigenvalue weighted by molar-refractivity contribution is -0.118. The number of hydrogen-bond donors (Lipinski definition) is 2. The van der Waals surface area contributed by atoms with Gasteiger partial charge in [0.2, 0.25) is 5.91 Å². The van der Waals surface area contributed by atoms with E-state index in [2.05, 4.69) is 24.5 Å². The van der Waals surface area contributed by atoms with Gasteiger partial charge in [0.25, 0.3) is 5.91 Å². The number of Topliss-reactive ketones (excluding diaryl/α,β-unsaturated/α-hetero) is 1. The summed E-state index contributed by atoms with van der Waals surface area (Å²) in [5, 5.41) is 5.35. The van der Waals surface area contributed by atoms with E-state index in [0.29, 0.717) is 24.2 Å². The fourth-order valence-corrected chi connectivity index (χ4v) is 3.75. The molecule has 0 saturated carbocycles. The number of ketones is 1. The van der Waals surface area contributed by atoms with Gasteiger partial charge in [0.1, 0.15) is 5.75 Å². The van der Waals surface area contributed by atoms with Crippen molar-refractivity contribution in [1.82, 2.24) is 10.6 Å². The number of methoxy groups -OCH3 is 1. The van der Waals surface area contributed by atoms with Crippen LogP contribution in [0, 0.1) is 0 Å². The third-order valence-corrected chi connectivity index (χ3v) is 5.27. The molecule has 0 aliphatic carbocycles. The Hall–Kier alpha value is -3.48. The lowest BCUT2D eigenvalue weighted by Gasteiger charge is -2.29. The van der Waals surface area contributed by atoms with E-state index in [1.165, 1.54) is 6.92 Å². The van der Waals surface area contributed by atoms with Gasteiger partial charge in [-0.2, -0.15) is 0 Å². The number of carbonyl (C=O) groups is 3. The molecule has 0 aromatic heterocycles. The van der Waals surface area contributed by atoms with Crippen LogP contribution in [0.2, 0.25) is 0 Å². The molecule has 168 valence electrons. The van der Waals surface area contributed by atoms with Crippen LogP contribution in [0.3, 0.4) is 0 Å². The zero-order valence-electron chi connectivity index (χ0n) is 19.0. The minimum atomic E-state index is -0.281. The number of fused-ring (bicyclic) bond motifs is 1. The summed E-state index contributed by atoms with van der Waals surface area (Å²) >= 11 is 0. The van der Waals surface area contributed by atoms with Crippen molar-refractivity contribution in [1.29, 1.82) is 0 Å². The molecular formula is C25H29N3O4. The van der Waals surface area contributed by atoms with Crippen molar-refractivity contribution in [2.45, 2.75) is 39.2 Å². The molecule has 0 bridgehead atoms. The molecule has 0 unspecified atom stereocenters.